The molecule has 0 atom stereocenters. The van der Waals surface area contributed by atoms with Gasteiger partial charge in [-0.05, 0) is 49.9 Å². The van der Waals surface area contributed by atoms with Crippen LogP contribution in [0.2, 0.25) is 0 Å². The van der Waals surface area contributed by atoms with Gasteiger partial charge in [-0.3, -0.25) is 10.1 Å². The maximum absolute atomic E-state index is 10.6. The van der Waals surface area contributed by atoms with Crippen LogP contribution < -0.4 is 0 Å². The van der Waals surface area contributed by atoms with E-state index >= 15 is 0 Å². The average Bonchev–Trinajstić information content (AvgIpc) is 2.41. The highest BCUT2D eigenvalue weighted by Gasteiger charge is 2.40. The van der Waals surface area contributed by atoms with Crippen LogP contribution in [0, 0.1) is 10.1 Å². The van der Waals surface area contributed by atoms with Crippen molar-refractivity contribution in [2.75, 3.05) is 19.6 Å². The Balaban J connectivity index is 1.90. The predicted octanol–water partition coefficient (Wildman–Crippen LogP) is 2.33. The van der Waals surface area contributed by atoms with Crippen molar-refractivity contribution in [1.82, 2.24) is 4.90 Å². The van der Waals surface area contributed by atoms with Crippen LogP contribution in [0.5, 0.6) is 0 Å². The van der Waals surface area contributed by atoms with E-state index in [1.54, 1.807) is 12.1 Å². The lowest BCUT2D eigenvalue weighted by molar-refractivity contribution is -0.384. The monoisotopic (exact) mass is 232 g/mol. The summed E-state index contributed by atoms with van der Waals surface area (Å²) in [6.07, 6.45) is 3.60. The third-order valence-electron chi connectivity index (χ3n) is 4.41. The standard InChI is InChI=1S/C13H16N2O2/c16-15(17)12-3-1-11(2-4-12)13-5-8-14(9-6-13)10-7-13/h1-4H,5-10H2. The van der Waals surface area contributed by atoms with Gasteiger partial charge in [0.05, 0.1) is 4.92 Å². The SMILES string of the molecule is O=[N+]([O-])c1ccc(C23CCN(CC2)CC3)cc1. The Kier molecular flexibility index (Phi) is 2.40. The van der Waals surface area contributed by atoms with E-state index in [1.807, 2.05) is 12.1 Å². The van der Waals surface area contributed by atoms with Gasteiger partial charge in [0.25, 0.3) is 5.69 Å². The minimum Gasteiger partial charge on any atom is -0.303 e. The van der Waals surface area contributed by atoms with Gasteiger partial charge < -0.3 is 4.90 Å². The molecule has 4 heteroatoms. The molecule has 90 valence electrons. The van der Waals surface area contributed by atoms with E-state index in [-0.39, 0.29) is 10.6 Å². The average molecular weight is 232 g/mol. The third-order valence-corrected chi connectivity index (χ3v) is 4.41. The van der Waals surface area contributed by atoms with Crippen molar-refractivity contribution < 1.29 is 4.92 Å². The number of nitro groups is 1. The molecule has 3 saturated heterocycles. The number of fused-ring (bicyclic) bond motifs is 3. The summed E-state index contributed by atoms with van der Waals surface area (Å²) in [5.74, 6) is 0. The molecule has 0 saturated carbocycles. The van der Waals surface area contributed by atoms with Crippen LogP contribution in [0.3, 0.4) is 0 Å². The maximum Gasteiger partial charge on any atom is 0.269 e. The van der Waals surface area contributed by atoms with Crippen LogP contribution in [0.25, 0.3) is 0 Å². The Morgan fingerprint density at radius 3 is 2.06 bits per heavy atom. The molecule has 0 radical (unpaired) electrons. The summed E-state index contributed by atoms with van der Waals surface area (Å²) in [5.41, 5.74) is 1.78. The Bertz CT molecular complexity index is 419. The van der Waals surface area contributed by atoms with Crippen LogP contribution in [-0.4, -0.2) is 29.5 Å². The summed E-state index contributed by atoms with van der Waals surface area (Å²) >= 11 is 0. The Labute approximate surface area is 100 Å². The molecule has 17 heavy (non-hydrogen) atoms. The Morgan fingerprint density at radius 2 is 1.59 bits per heavy atom. The van der Waals surface area contributed by atoms with E-state index < -0.39 is 0 Å². The number of piperidine rings is 3. The molecule has 4 rings (SSSR count). The zero-order valence-electron chi connectivity index (χ0n) is 9.76. The number of benzene rings is 1. The second kappa shape index (κ2) is 3.81. The van der Waals surface area contributed by atoms with Crippen molar-refractivity contribution in [3.63, 3.8) is 0 Å². The van der Waals surface area contributed by atoms with Crippen LogP contribution in [0.4, 0.5) is 5.69 Å². The lowest BCUT2D eigenvalue weighted by Crippen LogP contribution is -2.50. The molecule has 1 aromatic rings. The van der Waals surface area contributed by atoms with Crippen molar-refractivity contribution in [3.05, 3.63) is 39.9 Å². The minimum atomic E-state index is -0.328. The van der Waals surface area contributed by atoms with Gasteiger partial charge in [-0.1, -0.05) is 12.1 Å². The van der Waals surface area contributed by atoms with Crippen LogP contribution in [0.1, 0.15) is 24.8 Å². The van der Waals surface area contributed by atoms with E-state index in [2.05, 4.69) is 4.90 Å². The predicted molar refractivity (Wildman–Crippen MR) is 65.1 cm³/mol. The topological polar surface area (TPSA) is 46.4 Å². The van der Waals surface area contributed by atoms with Crippen molar-refractivity contribution in [2.45, 2.75) is 24.7 Å². The summed E-state index contributed by atoms with van der Waals surface area (Å²) in [6, 6.07) is 7.20. The molecule has 3 fully saturated rings. The van der Waals surface area contributed by atoms with Crippen molar-refractivity contribution in [2.24, 2.45) is 0 Å². The van der Waals surface area contributed by atoms with Gasteiger partial charge in [-0.25, -0.2) is 0 Å². The smallest absolute Gasteiger partial charge is 0.269 e. The summed E-state index contributed by atoms with van der Waals surface area (Å²) < 4.78 is 0. The first-order valence-corrected chi connectivity index (χ1v) is 6.17. The number of nitro benzene ring substituents is 1. The van der Waals surface area contributed by atoms with Gasteiger partial charge in [0.1, 0.15) is 0 Å². The van der Waals surface area contributed by atoms with Crippen molar-refractivity contribution in [3.8, 4) is 0 Å². The van der Waals surface area contributed by atoms with Gasteiger partial charge in [0.15, 0.2) is 0 Å². The second-order valence-corrected chi connectivity index (χ2v) is 5.18. The van der Waals surface area contributed by atoms with Crippen molar-refractivity contribution >= 4 is 5.69 Å². The maximum atomic E-state index is 10.6. The molecule has 0 aromatic heterocycles. The zero-order chi connectivity index (χ0) is 11.9. The quantitative estimate of drug-likeness (QED) is 0.580. The molecule has 0 amide bonds. The molecule has 1 aromatic carbocycles. The van der Waals surface area contributed by atoms with Gasteiger partial charge in [0, 0.05) is 12.1 Å². The zero-order valence-corrected chi connectivity index (χ0v) is 9.76. The summed E-state index contributed by atoms with van der Waals surface area (Å²) in [7, 11) is 0. The highest BCUT2D eigenvalue weighted by Crippen LogP contribution is 2.42. The Hall–Kier alpha value is -1.42. The van der Waals surface area contributed by atoms with E-state index in [0.717, 1.165) is 0 Å². The Morgan fingerprint density at radius 1 is 1.06 bits per heavy atom. The fourth-order valence-electron chi connectivity index (χ4n) is 3.20. The van der Waals surface area contributed by atoms with Crippen LogP contribution in [-0.2, 0) is 5.41 Å². The van der Waals surface area contributed by atoms with Gasteiger partial charge in [-0.2, -0.15) is 0 Å². The molecule has 3 heterocycles. The number of nitrogens with zero attached hydrogens (tertiary/aromatic N) is 2. The molecular weight excluding hydrogens is 216 g/mol. The molecule has 3 aliphatic heterocycles. The molecule has 3 aliphatic rings. The van der Waals surface area contributed by atoms with E-state index in [9.17, 15) is 10.1 Å². The van der Waals surface area contributed by atoms with Gasteiger partial charge in [0.2, 0.25) is 0 Å². The van der Waals surface area contributed by atoms with Crippen LogP contribution in [0.15, 0.2) is 24.3 Å². The lowest BCUT2D eigenvalue weighted by Gasteiger charge is -2.48. The highest BCUT2D eigenvalue weighted by molar-refractivity contribution is 5.37. The summed E-state index contributed by atoms with van der Waals surface area (Å²) in [6.45, 7) is 3.53. The third kappa shape index (κ3) is 1.72. The molecule has 4 nitrogen and oxygen atoms in total. The number of non-ortho nitro benzene ring substituents is 1. The fraction of sp³-hybridized carbons (Fsp3) is 0.538. The number of rotatable bonds is 2. The number of hydrogen-bond acceptors (Lipinski definition) is 3. The largest absolute Gasteiger partial charge is 0.303 e. The molecule has 2 bridgehead atoms. The highest BCUT2D eigenvalue weighted by atomic mass is 16.6. The molecule has 0 unspecified atom stereocenters. The van der Waals surface area contributed by atoms with Crippen molar-refractivity contribution in [1.29, 1.82) is 0 Å². The van der Waals surface area contributed by atoms with Gasteiger partial charge >= 0.3 is 0 Å². The first-order valence-electron chi connectivity index (χ1n) is 6.17. The summed E-state index contributed by atoms with van der Waals surface area (Å²) in [4.78, 5) is 12.8. The lowest BCUT2D eigenvalue weighted by atomic mass is 9.67. The minimum absolute atomic E-state index is 0.193. The summed E-state index contributed by atoms with van der Waals surface area (Å²) in [5, 5.41) is 10.6. The van der Waals surface area contributed by atoms with E-state index in [1.165, 1.54) is 44.5 Å². The molecule has 0 N–H and O–H groups in total. The van der Waals surface area contributed by atoms with E-state index in [0.29, 0.717) is 5.41 Å². The molecular formula is C13H16N2O2. The first kappa shape index (κ1) is 10.7. The number of hydrogen-bond donors (Lipinski definition) is 0. The normalized spacial score (nSPS) is 31.4. The first-order chi connectivity index (χ1) is 8.20. The second-order valence-electron chi connectivity index (χ2n) is 5.18. The van der Waals surface area contributed by atoms with E-state index in [4.69, 9.17) is 0 Å². The molecule has 0 spiro atoms. The molecule has 0 aliphatic carbocycles. The van der Waals surface area contributed by atoms with Crippen LogP contribution >= 0.6 is 0 Å². The van der Waals surface area contributed by atoms with Gasteiger partial charge in [-0.15, -0.1) is 0 Å². The fourth-order valence-corrected chi connectivity index (χ4v) is 3.20.